The molecule has 0 unspecified atom stereocenters. The summed E-state index contributed by atoms with van der Waals surface area (Å²) in [4.78, 5) is 23.4. The van der Waals surface area contributed by atoms with Gasteiger partial charge < -0.3 is 14.7 Å². The number of carboxylic acids is 1. The van der Waals surface area contributed by atoms with E-state index in [2.05, 4.69) is 4.74 Å². The summed E-state index contributed by atoms with van der Waals surface area (Å²) < 4.78 is 30.7. The van der Waals surface area contributed by atoms with Crippen LogP contribution in [-0.2, 0) is 14.8 Å². The molecular weight excluding hydrogens is 320 g/mol. The number of piperazine rings is 1. The van der Waals surface area contributed by atoms with Gasteiger partial charge in [0, 0.05) is 26.2 Å². The molecule has 8 nitrogen and oxygen atoms in total. The normalized spacial score (nSPS) is 16.7. The zero-order valence-electron chi connectivity index (χ0n) is 11.2. The summed E-state index contributed by atoms with van der Waals surface area (Å²) in [7, 11) is -2.61. The largest absolute Gasteiger partial charge is 0.477 e. The van der Waals surface area contributed by atoms with E-state index in [4.69, 9.17) is 5.11 Å². The molecule has 2 heterocycles. The fraction of sp³-hybridized carbons (Fsp3) is 0.455. The van der Waals surface area contributed by atoms with Crippen LogP contribution in [0.25, 0.3) is 0 Å². The molecule has 2 rings (SSSR count). The zero-order valence-corrected chi connectivity index (χ0v) is 12.8. The van der Waals surface area contributed by atoms with Crippen LogP contribution >= 0.6 is 11.3 Å². The summed E-state index contributed by atoms with van der Waals surface area (Å²) in [6.07, 6.45) is -0.506. The fourth-order valence-electron chi connectivity index (χ4n) is 2.04. The number of carbonyl (C=O) groups excluding carboxylic acids is 1. The minimum atomic E-state index is -3.87. The Labute approximate surface area is 125 Å². The Kier molecular flexibility index (Phi) is 4.49. The van der Waals surface area contributed by atoms with E-state index in [1.165, 1.54) is 27.8 Å². The number of amides is 1. The summed E-state index contributed by atoms with van der Waals surface area (Å²) in [5, 5.41) is 10.5. The summed E-state index contributed by atoms with van der Waals surface area (Å²) in [5.41, 5.74) is 0. The van der Waals surface area contributed by atoms with Crippen molar-refractivity contribution in [1.29, 1.82) is 0 Å². The molecule has 0 radical (unpaired) electrons. The maximum absolute atomic E-state index is 12.5. The van der Waals surface area contributed by atoms with E-state index in [1.807, 2.05) is 0 Å². The van der Waals surface area contributed by atoms with Gasteiger partial charge >= 0.3 is 12.1 Å². The van der Waals surface area contributed by atoms with Crippen molar-refractivity contribution in [2.45, 2.75) is 4.90 Å². The van der Waals surface area contributed by atoms with Crippen LogP contribution in [0.1, 0.15) is 9.67 Å². The molecule has 1 aliphatic heterocycles. The van der Waals surface area contributed by atoms with Gasteiger partial charge in [0.15, 0.2) is 0 Å². The van der Waals surface area contributed by atoms with Crippen LogP contribution in [0.2, 0.25) is 0 Å². The van der Waals surface area contributed by atoms with Crippen molar-refractivity contribution in [3.63, 3.8) is 0 Å². The molecule has 1 fully saturated rings. The van der Waals surface area contributed by atoms with Gasteiger partial charge in [-0.05, 0) is 11.4 Å². The first-order valence-corrected chi connectivity index (χ1v) is 8.33. The second-order valence-corrected chi connectivity index (χ2v) is 7.10. The molecular formula is C11H14N2O6S2. The number of carbonyl (C=O) groups is 2. The Morgan fingerprint density at radius 2 is 1.90 bits per heavy atom. The average Bonchev–Trinajstić information content (AvgIpc) is 2.97. The van der Waals surface area contributed by atoms with Gasteiger partial charge in [-0.15, -0.1) is 11.3 Å². The second kappa shape index (κ2) is 6.00. The minimum Gasteiger partial charge on any atom is -0.477 e. The van der Waals surface area contributed by atoms with Crippen molar-refractivity contribution in [3.8, 4) is 0 Å². The SMILES string of the molecule is COC(=O)N1CCN(S(=O)(=O)c2ccsc2C(=O)O)CC1. The smallest absolute Gasteiger partial charge is 0.409 e. The van der Waals surface area contributed by atoms with Gasteiger partial charge in [0.05, 0.1) is 7.11 Å². The molecule has 0 aliphatic carbocycles. The van der Waals surface area contributed by atoms with Gasteiger partial charge in [0.1, 0.15) is 9.77 Å². The van der Waals surface area contributed by atoms with Crippen LogP contribution in [-0.4, -0.2) is 68.1 Å². The van der Waals surface area contributed by atoms with Gasteiger partial charge in [-0.25, -0.2) is 18.0 Å². The highest BCUT2D eigenvalue weighted by Crippen LogP contribution is 2.26. The van der Waals surface area contributed by atoms with Crippen LogP contribution < -0.4 is 0 Å². The number of ether oxygens (including phenoxy) is 1. The van der Waals surface area contributed by atoms with Gasteiger partial charge in [0.2, 0.25) is 10.0 Å². The molecule has 1 aromatic rings. The third kappa shape index (κ3) is 3.01. The lowest BCUT2D eigenvalue weighted by Gasteiger charge is -2.32. The molecule has 1 saturated heterocycles. The molecule has 0 bridgehead atoms. The van der Waals surface area contributed by atoms with E-state index in [0.29, 0.717) is 0 Å². The molecule has 10 heteroatoms. The van der Waals surface area contributed by atoms with Crippen LogP contribution in [0.3, 0.4) is 0 Å². The predicted octanol–water partition coefficient (Wildman–Crippen LogP) is 0.519. The van der Waals surface area contributed by atoms with Gasteiger partial charge in [-0.1, -0.05) is 0 Å². The number of nitrogens with zero attached hydrogens (tertiary/aromatic N) is 2. The van der Waals surface area contributed by atoms with Crippen molar-refractivity contribution in [2.75, 3.05) is 33.3 Å². The van der Waals surface area contributed by atoms with Crippen molar-refractivity contribution in [2.24, 2.45) is 0 Å². The van der Waals surface area contributed by atoms with Gasteiger partial charge in [0.25, 0.3) is 0 Å². The van der Waals surface area contributed by atoms with Crippen LogP contribution in [0, 0.1) is 0 Å². The fourth-order valence-corrected chi connectivity index (χ4v) is 4.69. The lowest BCUT2D eigenvalue weighted by molar-refractivity contribution is 0.0698. The Hall–Kier alpha value is -1.65. The number of aromatic carboxylic acids is 1. The molecule has 0 atom stereocenters. The minimum absolute atomic E-state index is 0.104. The molecule has 1 aromatic heterocycles. The number of thiophene rings is 1. The Morgan fingerprint density at radius 1 is 1.29 bits per heavy atom. The Morgan fingerprint density at radius 3 is 2.43 bits per heavy atom. The van der Waals surface area contributed by atoms with Gasteiger partial charge in [-0.3, -0.25) is 0 Å². The maximum Gasteiger partial charge on any atom is 0.409 e. The molecule has 1 amide bonds. The summed E-state index contributed by atoms with van der Waals surface area (Å²) in [5.74, 6) is -1.27. The number of carboxylic acid groups (broad SMARTS) is 1. The zero-order chi connectivity index (χ0) is 15.6. The quantitative estimate of drug-likeness (QED) is 0.864. The number of methoxy groups -OCH3 is 1. The lowest BCUT2D eigenvalue weighted by Crippen LogP contribution is -2.50. The Bertz CT molecular complexity index is 645. The summed E-state index contributed by atoms with van der Waals surface area (Å²) in [6.45, 7) is 0.621. The summed E-state index contributed by atoms with van der Waals surface area (Å²) >= 11 is 0.868. The molecule has 21 heavy (non-hydrogen) atoms. The first-order valence-electron chi connectivity index (χ1n) is 6.01. The second-order valence-electron chi connectivity index (χ2n) is 4.28. The van der Waals surface area contributed by atoms with Gasteiger partial charge in [-0.2, -0.15) is 4.31 Å². The van der Waals surface area contributed by atoms with Crippen LogP contribution in [0.4, 0.5) is 4.79 Å². The number of sulfonamides is 1. The van der Waals surface area contributed by atoms with Crippen molar-refractivity contribution in [1.82, 2.24) is 9.21 Å². The Balaban J connectivity index is 2.17. The van der Waals surface area contributed by atoms with E-state index >= 15 is 0 Å². The highest BCUT2D eigenvalue weighted by molar-refractivity contribution is 7.89. The molecule has 1 N–H and O–H groups in total. The third-order valence-electron chi connectivity index (χ3n) is 3.11. The van der Waals surface area contributed by atoms with Crippen molar-refractivity contribution in [3.05, 3.63) is 16.3 Å². The molecule has 116 valence electrons. The van der Waals surface area contributed by atoms with E-state index < -0.39 is 22.1 Å². The van der Waals surface area contributed by atoms with Crippen LogP contribution in [0.15, 0.2) is 16.3 Å². The van der Waals surface area contributed by atoms with Crippen molar-refractivity contribution < 1.29 is 27.9 Å². The molecule has 0 saturated carbocycles. The molecule has 0 aromatic carbocycles. The van der Waals surface area contributed by atoms with E-state index in [0.717, 1.165) is 11.3 Å². The topological polar surface area (TPSA) is 104 Å². The lowest BCUT2D eigenvalue weighted by atomic mass is 10.4. The first-order chi connectivity index (χ1) is 9.87. The number of hydrogen-bond donors (Lipinski definition) is 1. The maximum atomic E-state index is 12.5. The van der Waals surface area contributed by atoms with E-state index in [9.17, 15) is 18.0 Å². The van der Waals surface area contributed by atoms with Crippen LogP contribution in [0.5, 0.6) is 0 Å². The predicted molar refractivity (Wildman–Crippen MR) is 74.0 cm³/mol. The summed E-state index contributed by atoms with van der Waals surface area (Å²) in [6, 6.07) is 1.29. The highest BCUT2D eigenvalue weighted by Gasteiger charge is 2.33. The third-order valence-corrected chi connectivity index (χ3v) is 6.09. The average molecular weight is 334 g/mol. The van der Waals surface area contributed by atoms with E-state index in [1.54, 1.807) is 0 Å². The molecule has 0 spiro atoms. The standard InChI is InChI=1S/C11H14N2O6S2/c1-19-11(16)12-3-5-13(6-4-12)21(17,18)8-2-7-20-9(8)10(14)15/h2,7H,3-6H2,1H3,(H,14,15). The number of rotatable bonds is 3. The first kappa shape index (κ1) is 15.7. The number of hydrogen-bond acceptors (Lipinski definition) is 6. The van der Waals surface area contributed by atoms with Crippen molar-refractivity contribution >= 4 is 33.4 Å². The highest BCUT2D eigenvalue weighted by atomic mass is 32.2. The molecule has 1 aliphatic rings. The van der Waals surface area contributed by atoms with E-state index in [-0.39, 0.29) is 36.0 Å². The monoisotopic (exact) mass is 334 g/mol.